The number of benzene rings is 2. The molecule has 15 heteroatoms. The van der Waals surface area contributed by atoms with Gasteiger partial charge in [-0.05, 0) is 70.2 Å². The third kappa shape index (κ3) is 8.19. The van der Waals surface area contributed by atoms with Crippen molar-refractivity contribution in [1.29, 1.82) is 0 Å². The van der Waals surface area contributed by atoms with Crippen molar-refractivity contribution in [2.75, 3.05) is 11.3 Å². The fourth-order valence-corrected chi connectivity index (χ4v) is 7.20. The molecule has 0 radical (unpaired) electrons. The molecule has 5 rings (SSSR count). The summed E-state index contributed by atoms with van der Waals surface area (Å²) >= 11 is 0. The van der Waals surface area contributed by atoms with E-state index in [4.69, 9.17) is 9.47 Å². The van der Waals surface area contributed by atoms with Gasteiger partial charge in [-0.2, -0.15) is 18.2 Å². The average molecular weight is 714 g/mol. The maximum atomic E-state index is 16.9. The van der Waals surface area contributed by atoms with Crippen LogP contribution in [-0.4, -0.2) is 58.0 Å². The van der Waals surface area contributed by atoms with E-state index in [1.54, 1.807) is 13.8 Å². The molecular weight excluding hydrogens is 672 g/mol. The molecule has 0 saturated heterocycles. The summed E-state index contributed by atoms with van der Waals surface area (Å²) in [6, 6.07) is 9.46. The van der Waals surface area contributed by atoms with E-state index in [1.165, 1.54) is 23.1 Å². The number of alkyl carbamates (subject to hydrolysis) is 1. The largest absolute Gasteiger partial charge is 0.476 e. The predicted molar refractivity (Wildman–Crippen MR) is 176 cm³/mol. The van der Waals surface area contributed by atoms with Gasteiger partial charge in [-0.25, -0.2) is 14.2 Å². The van der Waals surface area contributed by atoms with Crippen LogP contribution in [0.5, 0.6) is 5.88 Å². The minimum Gasteiger partial charge on any atom is -0.476 e. The molecule has 268 valence electrons. The smallest absolute Gasteiger partial charge is 0.407 e. The lowest BCUT2D eigenvalue weighted by molar-refractivity contribution is -0.221. The molecular formula is C34H41F6N5O3S. The van der Waals surface area contributed by atoms with Crippen LogP contribution in [0.4, 0.5) is 36.1 Å². The van der Waals surface area contributed by atoms with Gasteiger partial charge in [-0.1, -0.05) is 44.2 Å². The van der Waals surface area contributed by atoms with Crippen molar-refractivity contribution in [2.45, 2.75) is 102 Å². The zero-order valence-corrected chi connectivity index (χ0v) is 28.9. The van der Waals surface area contributed by atoms with E-state index in [2.05, 4.69) is 20.0 Å². The normalized spacial score (nSPS) is 23.4. The van der Waals surface area contributed by atoms with Gasteiger partial charge in [0, 0.05) is 35.3 Å². The highest BCUT2D eigenvalue weighted by Crippen LogP contribution is 2.59. The van der Waals surface area contributed by atoms with Crippen molar-refractivity contribution in [3.05, 3.63) is 65.2 Å². The van der Waals surface area contributed by atoms with Crippen molar-refractivity contribution in [1.82, 2.24) is 20.2 Å². The first-order valence-corrected chi connectivity index (χ1v) is 17.4. The molecule has 8 nitrogen and oxygen atoms in total. The summed E-state index contributed by atoms with van der Waals surface area (Å²) in [6.07, 6.45) is -7.98. The minimum absolute atomic E-state index is 0.153. The Morgan fingerprint density at radius 3 is 2.37 bits per heavy atom. The summed E-state index contributed by atoms with van der Waals surface area (Å²) in [6.45, 7) is 8.65. The van der Waals surface area contributed by atoms with Crippen LogP contribution in [0.3, 0.4) is 0 Å². The van der Waals surface area contributed by atoms with E-state index in [0.717, 1.165) is 37.1 Å². The van der Waals surface area contributed by atoms with Crippen LogP contribution in [0, 0.1) is 19.3 Å². The number of carbonyl (C=O) groups excluding carboxylic acids is 1. The van der Waals surface area contributed by atoms with Crippen molar-refractivity contribution < 1.29 is 39.6 Å². The van der Waals surface area contributed by atoms with E-state index >= 15 is 12.2 Å². The van der Waals surface area contributed by atoms with Gasteiger partial charge in [0.2, 0.25) is 11.8 Å². The van der Waals surface area contributed by atoms with Crippen molar-refractivity contribution in [3.8, 4) is 17.1 Å². The number of hydrogen-bond donors (Lipinski definition) is 2. The summed E-state index contributed by atoms with van der Waals surface area (Å²) in [7, 11) is -4.85. The van der Waals surface area contributed by atoms with E-state index < -0.39 is 77.0 Å². The third-order valence-electron chi connectivity index (χ3n) is 8.91. The van der Waals surface area contributed by atoms with E-state index in [-0.39, 0.29) is 36.1 Å². The van der Waals surface area contributed by atoms with Gasteiger partial charge < -0.3 is 14.8 Å². The van der Waals surface area contributed by atoms with Gasteiger partial charge in [0.05, 0.1) is 22.1 Å². The SMILES string of the molecule is Cc1cccc(C)c1-c1cc2nc(n1)NS(F)(F)c1cccc(c1)C(F)N(C1CC(NC(=O)OC(C)C)C1)[C@H](CC(C)(C)C(F)(F)F)CO2. The van der Waals surface area contributed by atoms with Crippen molar-refractivity contribution in [3.63, 3.8) is 0 Å². The molecule has 2 aromatic carbocycles. The van der Waals surface area contributed by atoms with Gasteiger partial charge in [0.25, 0.3) is 0 Å². The van der Waals surface area contributed by atoms with E-state index in [1.807, 2.05) is 32.0 Å². The van der Waals surface area contributed by atoms with Gasteiger partial charge in [-0.3, -0.25) is 9.62 Å². The van der Waals surface area contributed by atoms with E-state index in [0.29, 0.717) is 5.56 Å². The number of aromatic nitrogens is 2. The second-order valence-corrected chi connectivity index (χ2v) is 15.2. The molecule has 2 atom stereocenters. The molecule has 2 aliphatic rings. The Balaban J connectivity index is 1.60. The van der Waals surface area contributed by atoms with Gasteiger partial charge in [0.15, 0.2) is 17.3 Å². The standard InChI is InChI=1S/C34H41F6N5O3S/c1-19(2)48-32(46)41-23-14-24(15-23)45-25(17-33(5,6)34(36,37)38)18-47-28-16-27(29-20(3)9-7-10-21(29)4)42-31(43-28)44-49(39,40)26-12-8-11-22(13-26)30(45)35/h7-13,16,19,23-25,30H,14-15,17-18H2,1-6H3,(H,41,46)(H,42,43,44)/t23?,24?,25-,30?/m1/s1. The summed E-state index contributed by atoms with van der Waals surface area (Å²) in [5.74, 6) is -0.604. The van der Waals surface area contributed by atoms with Crippen LogP contribution < -0.4 is 14.8 Å². The molecule has 1 aliphatic heterocycles. The number of rotatable bonds is 6. The van der Waals surface area contributed by atoms with Gasteiger partial charge >= 0.3 is 12.3 Å². The second-order valence-electron chi connectivity index (χ2n) is 13.6. The lowest BCUT2D eigenvalue weighted by atomic mass is 9.80. The van der Waals surface area contributed by atoms with Crippen LogP contribution in [0.15, 0.2) is 53.4 Å². The Morgan fingerprint density at radius 1 is 1.08 bits per heavy atom. The van der Waals surface area contributed by atoms with Crippen LogP contribution in [0.1, 0.15) is 69.9 Å². The van der Waals surface area contributed by atoms with Crippen LogP contribution in [-0.2, 0) is 4.74 Å². The molecule has 49 heavy (non-hydrogen) atoms. The quantitative estimate of drug-likeness (QED) is 0.194. The first-order chi connectivity index (χ1) is 22.8. The number of fused-ring (bicyclic) bond motifs is 4. The second kappa shape index (κ2) is 13.9. The molecule has 1 saturated carbocycles. The summed E-state index contributed by atoms with van der Waals surface area (Å²) in [4.78, 5) is 21.6. The molecule has 4 bridgehead atoms. The monoisotopic (exact) mass is 713 g/mol. The number of alkyl halides is 4. The van der Waals surface area contributed by atoms with Gasteiger partial charge in [0.1, 0.15) is 6.61 Å². The lowest BCUT2D eigenvalue weighted by Gasteiger charge is -2.49. The minimum atomic E-state index is -4.85. The predicted octanol–water partition coefficient (Wildman–Crippen LogP) is 9.40. The first kappa shape index (κ1) is 36.6. The van der Waals surface area contributed by atoms with Crippen LogP contribution in [0.25, 0.3) is 11.3 Å². The fraction of sp³-hybridized carbons (Fsp3) is 0.500. The maximum absolute atomic E-state index is 16.9. The van der Waals surface area contributed by atoms with E-state index in [9.17, 15) is 18.0 Å². The molecule has 2 heterocycles. The zero-order valence-electron chi connectivity index (χ0n) is 28.1. The molecule has 1 fully saturated rings. The van der Waals surface area contributed by atoms with Crippen molar-refractivity contribution in [2.24, 2.45) is 5.41 Å². The number of halogens is 6. The molecule has 1 aliphatic carbocycles. The number of amides is 1. The summed E-state index contributed by atoms with van der Waals surface area (Å²) in [5, 5.41) is 2.70. The molecule has 1 amide bonds. The highest BCUT2D eigenvalue weighted by molar-refractivity contribution is 8.26. The molecule has 3 aromatic rings. The highest BCUT2D eigenvalue weighted by Gasteiger charge is 2.51. The number of nitrogens with one attached hydrogen (secondary N) is 2. The number of anilines is 1. The number of ether oxygens (including phenoxy) is 2. The Kier molecular flexibility index (Phi) is 10.4. The highest BCUT2D eigenvalue weighted by atomic mass is 32.3. The number of hydrogen-bond acceptors (Lipinski definition) is 7. The molecule has 1 unspecified atom stereocenters. The van der Waals surface area contributed by atoms with Crippen LogP contribution in [0.2, 0.25) is 0 Å². The lowest BCUT2D eigenvalue weighted by Crippen LogP contribution is -2.59. The topological polar surface area (TPSA) is 88.6 Å². The summed E-state index contributed by atoms with van der Waals surface area (Å²) in [5.41, 5.74) is 0.113. The van der Waals surface area contributed by atoms with Crippen molar-refractivity contribution >= 4 is 23.0 Å². The number of carbonyl (C=O) groups is 1. The molecule has 2 N–H and O–H groups in total. The third-order valence-corrected chi connectivity index (χ3v) is 10.2. The Labute approximate surface area is 284 Å². The zero-order chi connectivity index (χ0) is 35.9. The maximum Gasteiger partial charge on any atom is 0.407 e. The molecule has 1 aromatic heterocycles. The Morgan fingerprint density at radius 2 is 1.73 bits per heavy atom. The number of nitrogens with zero attached hydrogens (tertiary/aromatic N) is 3. The molecule has 0 spiro atoms. The first-order valence-electron chi connectivity index (χ1n) is 16.0. The fourth-order valence-electron chi connectivity index (χ4n) is 6.23. The summed E-state index contributed by atoms with van der Waals surface area (Å²) < 4.78 is 105. The Hall–Kier alpha value is -3.72. The van der Waals surface area contributed by atoms with Crippen LogP contribution >= 0.6 is 11.0 Å². The number of aryl methyl sites for hydroxylation is 2. The van der Waals surface area contributed by atoms with Gasteiger partial charge in [-0.15, -0.1) is 7.77 Å². The Bertz CT molecular complexity index is 1650. The average Bonchev–Trinajstić information content (AvgIpc) is 2.97.